The summed E-state index contributed by atoms with van der Waals surface area (Å²) in [5.41, 5.74) is 7.57. The summed E-state index contributed by atoms with van der Waals surface area (Å²) in [4.78, 5) is 0. The number of rotatable bonds is 3. The minimum atomic E-state index is -0.439. The van der Waals surface area contributed by atoms with Crippen LogP contribution >= 0.6 is 0 Å². The van der Waals surface area contributed by atoms with E-state index in [1.54, 1.807) is 42.5 Å². The van der Waals surface area contributed by atoms with Crippen LogP contribution in [-0.4, -0.2) is 17.0 Å². The van der Waals surface area contributed by atoms with Crippen molar-refractivity contribution in [2.75, 3.05) is 12.5 Å². The summed E-state index contributed by atoms with van der Waals surface area (Å²) in [5, 5.41) is 18.7. The molecule has 0 aliphatic rings. The van der Waals surface area contributed by atoms with E-state index >= 15 is 0 Å². The fourth-order valence-electron chi connectivity index (χ4n) is 1.65. The summed E-state index contributed by atoms with van der Waals surface area (Å²) in [6.45, 7) is -0.439. The maximum absolute atomic E-state index is 9.85. The lowest BCUT2D eigenvalue weighted by molar-refractivity contribution is 0.0989. The van der Waals surface area contributed by atoms with Crippen molar-refractivity contribution in [1.29, 1.82) is 0 Å². The van der Waals surface area contributed by atoms with Crippen LogP contribution in [0.1, 0.15) is 0 Å². The van der Waals surface area contributed by atoms with Crippen molar-refractivity contribution in [3.8, 4) is 22.6 Å². The maximum atomic E-state index is 9.85. The molecule has 0 saturated carbocycles. The second-order valence-electron chi connectivity index (χ2n) is 3.55. The fourth-order valence-corrected chi connectivity index (χ4v) is 1.65. The third-order valence-electron chi connectivity index (χ3n) is 2.42. The highest BCUT2D eigenvalue weighted by Crippen LogP contribution is 2.37. The van der Waals surface area contributed by atoms with E-state index in [9.17, 15) is 5.11 Å². The highest BCUT2D eigenvalue weighted by Gasteiger charge is 2.10. The SMILES string of the molecule is Nc1ccc(-c2c(O)cccc2OCO)cc1. The van der Waals surface area contributed by atoms with Crippen molar-refractivity contribution >= 4 is 5.69 Å². The van der Waals surface area contributed by atoms with Crippen LogP contribution in [0.25, 0.3) is 11.1 Å². The number of aliphatic hydroxyl groups excluding tert-OH is 1. The number of ether oxygens (including phenoxy) is 1. The van der Waals surface area contributed by atoms with Crippen molar-refractivity contribution in [1.82, 2.24) is 0 Å². The Morgan fingerprint density at radius 3 is 2.41 bits per heavy atom. The van der Waals surface area contributed by atoms with Crippen LogP contribution in [0, 0.1) is 0 Å². The van der Waals surface area contributed by atoms with Gasteiger partial charge < -0.3 is 20.7 Å². The highest BCUT2D eigenvalue weighted by molar-refractivity contribution is 5.77. The van der Waals surface area contributed by atoms with Gasteiger partial charge in [-0.2, -0.15) is 0 Å². The summed E-state index contributed by atoms with van der Waals surface area (Å²) >= 11 is 0. The Morgan fingerprint density at radius 1 is 1.06 bits per heavy atom. The number of aromatic hydroxyl groups is 1. The van der Waals surface area contributed by atoms with E-state index < -0.39 is 6.79 Å². The standard InChI is InChI=1S/C13H13NO3/c14-10-6-4-9(5-7-10)13-11(16)2-1-3-12(13)17-8-15/h1-7,15-16H,8,14H2. The van der Waals surface area contributed by atoms with Crippen molar-refractivity contribution < 1.29 is 14.9 Å². The molecule has 4 heteroatoms. The minimum Gasteiger partial charge on any atom is -0.507 e. The summed E-state index contributed by atoms with van der Waals surface area (Å²) in [5.74, 6) is 0.526. The van der Waals surface area contributed by atoms with E-state index in [4.69, 9.17) is 15.6 Å². The predicted molar refractivity (Wildman–Crippen MR) is 65.7 cm³/mol. The molecule has 0 spiro atoms. The first-order valence-corrected chi connectivity index (χ1v) is 5.14. The van der Waals surface area contributed by atoms with Gasteiger partial charge in [-0.3, -0.25) is 0 Å². The average Bonchev–Trinajstić information content (AvgIpc) is 2.32. The number of anilines is 1. The summed E-state index contributed by atoms with van der Waals surface area (Å²) in [7, 11) is 0. The van der Waals surface area contributed by atoms with Gasteiger partial charge in [0, 0.05) is 5.69 Å². The number of benzene rings is 2. The molecule has 17 heavy (non-hydrogen) atoms. The maximum Gasteiger partial charge on any atom is 0.186 e. The van der Waals surface area contributed by atoms with Crippen molar-refractivity contribution in [3.05, 3.63) is 42.5 Å². The fraction of sp³-hybridized carbons (Fsp3) is 0.0769. The quantitative estimate of drug-likeness (QED) is 0.557. The Bertz CT molecular complexity index is 509. The second kappa shape index (κ2) is 4.76. The van der Waals surface area contributed by atoms with Gasteiger partial charge in [-0.15, -0.1) is 0 Å². The molecule has 88 valence electrons. The van der Waals surface area contributed by atoms with E-state index in [2.05, 4.69) is 0 Å². The monoisotopic (exact) mass is 231 g/mol. The van der Waals surface area contributed by atoms with Gasteiger partial charge in [0.2, 0.25) is 0 Å². The largest absolute Gasteiger partial charge is 0.507 e. The van der Waals surface area contributed by atoms with Gasteiger partial charge in [-0.05, 0) is 29.8 Å². The number of phenols is 1. The molecule has 0 aliphatic heterocycles. The summed E-state index contributed by atoms with van der Waals surface area (Å²) < 4.78 is 5.07. The summed E-state index contributed by atoms with van der Waals surface area (Å²) in [6, 6.07) is 12.0. The molecule has 2 rings (SSSR count). The zero-order chi connectivity index (χ0) is 12.3. The third-order valence-corrected chi connectivity index (χ3v) is 2.42. The van der Waals surface area contributed by atoms with Crippen LogP contribution in [0.4, 0.5) is 5.69 Å². The first kappa shape index (κ1) is 11.3. The van der Waals surface area contributed by atoms with E-state index in [0.29, 0.717) is 17.0 Å². The minimum absolute atomic E-state index is 0.0979. The number of hydrogen-bond acceptors (Lipinski definition) is 4. The van der Waals surface area contributed by atoms with Gasteiger partial charge in [0.25, 0.3) is 0 Å². The lowest BCUT2D eigenvalue weighted by Crippen LogP contribution is -1.96. The Balaban J connectivity index is 2.53. The molecule has 0 bridgehead atoms. The van der Waals surface area contributed by atoms with Crippen LogP contribution in [0.15, 0.2) is 42.5 Å². The van der Waals surface area contributed by atoms with Gasteiger partial charge in [0.1, 0.15) is 11.5 Å². The van der Waals surface area contributed by atoms with E-state index in [0.717, 1.165) is 5.56 Å². The van der Waals surface area contributed by atoms with Crippen LogP contribution in [0.2, 0.25) is 0 Å². The van der Waals surface area contributed by atoms with Crippen LogP contribution in [0.5, 0.6) is 11.5 Å². The zero-order valence-corrected chi connectivity index (χ0v) is 9.13. The van der Waals surface area contributed by atoms with E-state index in [-0.39, 0.29) is 5.75 Å². The van der Waals surface area contributed by atoms with Gasteiger partial charge in [0.15, 0.2) is 6.79 Å². The normalized spacial score (nSPS) is 10.2. The van der Waals surface area contributed by atoms with Crippen molar-refractivity contribution in [2.45, 2.75) is 0 Å². The van der Waals surface area contributed by atoms with Gasteiger partial charge in [0.05, 0.1) is 5.56 Å². The molecule has 0 amide bonds. The second-order valence-corrected chi connectivity index (χ2v) is 3.55. The molecule has 4 N–H and O–H groups in total. The molecule has 2 aromatic carbocycles. The molecule has 2 aromatic rings. The summed E-state index contributed by atoms with van der Waals surface area (Å²) in [6.07, 6.45) is 0. The highest BCUT2D eigenvalue weighted by atomic mass is 16.6. The lowest BCUT2D eigenvalue weighted by atomic mass is 10.0. The molecule has 0 saturated heterocycles. The molecular formula is C13H13NO3. The average molecular weight is 231 g/mol. The van der Waals surface area contributed by atoms with Crippen molar-refractivity contribution in [2.24, 2.45) is 0 Å². The lowest BCUT2D eigenvalue weighted by Gasteiger charge is -2.11. The molecule has 0 radical (unpaired) electrons. The topological polar surface area (TPSA) is 75.7 Å². The number of hydrogen-bond donors (Lipinski definition) is 3. The molecule has 0 atom stereocenters. The molecule has 0 unspecified atom stereocenters. The predicted octanol–water partition coefficient (Wildman–Crippen LogP) is 1.97. The smallest absolute Gasteiger partial charge is 0.186 e. The first-order valence-electron chi connectivity index (χ1n) is 5.14. The van der Waals surface area contributed by atoms with Gasteiger partial charge in [-0.25, -0.2) is 0 Å². The Kier molecular flexibility index (Phi) is 3.16. The number of phenolic OH excluding ortho intramolecular Hbond substituents is 1. The van der Waals surface area contributed by atoms with Crippen LogP contribution in [0.3, 0.4) is 0 Å². The molecule has 0 fully saturated rings. The molecule has 0 heterocycles. The first-order chi connectivity index (χ1) is 8.22. The van der Waals surface area contributed by atoms with Crippen LogP contribution < -0.4 is 10.5 Å². The Labute approximate surface area is 98.9 Å². The Hall–Kier alpha value is -2.20. The van der Waals surface area contributed by atoms with Crippen LogP contribution in [-0.2, 0) is 0 Å². The van der Waals surface area contributed by atoms with Gasteiger partial charge in [-0.1, -0.05) is 18.2 Å². The zero-order valence-electron chi connectivity index (χ0n) is 9.13. The van der Waals surface area contributed by atoms with Gasteiger partial charge >= 0.3 is 0 Å². The van der Waals surface area contributed by atoms with Crippen molar-refractivity contribution in [3.63, 3.8) is 0 Å². The molecule has 4 nitrogen and oxygen atoms in total. The molecule has 0 aromatic heterocycles. The number of nitrogens with two attached hydrogens (primary N) is 1. The third kappa shape index (κ3) is 2.32. The molecular weight excluding hydrogens is 218 g/mol. The van der Waals surface area contributed by atoms with E-state index in [1.807, 2.05) is 0 Å². The molecule has 0 aliphatic carbocycles. The Morgan fingerprint density at radius 2 is 1.76 bits per heavy atom. The number of aliphatic hydroxyl groups is 1. The number of nitrogen functional groups attached to an aromatic ring is 1. The van der Waals surface area contributed by atoms with E-state index in [1.165, 1.54) is 0 Å².